The third kappa shape index (κ3) is 3.50. The minimum absolute atomic E-state index is 0.0428. The Hall–Kier alpha value is -2.12. The highest BCUT2D eigenvalue weighted by molar-refractivity contribution is 7.92. The third-order valence-corrected chi connectivity index (χ3v) is 4.23. The first kappa shape index (κ1) is 15.3. The van der Waals surface area contributed by atoms with Crippen LogP contribution in [0, 0.1) is 6.92 Å². The van der Waals surface area contributed by atoms with Crippen LogP contribution >= 0.6 is 0 Å². The molecule has 0 aliphatic carbocycles. The molecule has 2 N–H and O–H groups in total. The van der Waals surface area contributed by atoms with Gasteiger partial charge in [0.05, 0.1) is 13.7 Å². The molecule has 0 saturated heterocycles. The van der Waals surface area contributed by atoms with E-state index in [1.165, 1.54) is 25.4 Å². The van der Waals surface area contributed by atoms with Crippen molar-refractivity contribution >= 4 is 15.8 Å². The summed E-state index contributed by atoms with van der Waals surface area (Å²) >= 11 is 0. The highest BCUT2D eigenvalue weighted by Gasteiger charge is 2.20. The van der Waals surface area contributed by atoms with E-state index in [0.717, 1.165) is 5.56 Å². The van der Waals surface area contributed by atoms with E-state index in [2.05, 4.69) is 9.71 Å². The standard InChI is InChI=1S/C14H16N2O4S/c1-10-3-4-12(20-2)13(7-10)21(18,19)16-14-8-11(9-17)5-6-15-14/h3-8,17H,9H2,1-2H3,(H,15,16). The number of aliphatic hydroxyl groups excluding tert-OH is 1. The molecule has 112 valence electrons. The van der Waals surface area contributed by atoms with Gasteiger partial charge in [-0.05, 0) is 42.3 Å². The van der Waals surface area contributed by atoms with Crippen LogP contribution in [0.15, 0.2) is 41.4 Å². The maximum atomic E-state index is 12.4. The zero-order valence-corrected chi connectivity index (χ0v) is 12.5. The van der Waals surface area contributed by atoms with Gasteiger partial charge >= 0.3 is 0 Å². The van der Waals surface area contributed by atoms with Crippen LogP contribution in [0.4, 0.5) is 5.82 Å². The second-order valence-electron chi connectivity index (χ2n) is 4.47. The van der Waals surface area contributed by atoms with Gasteiger partial charge in [-0.25, -0.2) is 13.4 Å². The van der Waals surface area contributed by atoms with Crippen molar-refractivity contribution in [2.24, 2.45) is 0 Å². The highest BCUT2D eigenvalue weighted by Crippen LogP contribution is 2.26. The number of hydrogen-bond donors (Lipinski definition) is 2. The van der Waals surface area contributed by atoms with Gasteiger partial charge in [0.2, 0.25) is 0 Å². The van der Waals surface area contributed by atoms with Crippen molar-refractivity contribution in [1.82, 2.24) is 4.98 Å². The van der Waals surface area contributed by atoms with E-state index in [4.69, 9.17) is 9.84 Å². The van der Waals surface area contributed by atoms with Gasteiger partial charge in [-0.15, -0.1) is 0 Å². The molecule has 0 atom stereocenters. The molecule has 0 aliphatic rings. The fraction of sp³-hybridized carbons (Fsp3) is 0.214. The van der Waals surface area contributed by atoms with Gasteiger partial charge in [-0.1, -0.05) is 6.07 Å². The number of aryl methyl sites for hydroxylation is 1. The Morgan fingerprint density at radius 1 is 1.29 bits per heavy atom. The molecule has 0 fully saturated rings. The topological polar surface area (TPSA) is 88.5 Å². The molecule has 0 radical (unpaired) electrons. The number of nitrogens with one attached hydrogen (secondary N) is 1. The van der Waals surface area contributed by atoms with Crippen molar-refractivity contribution in [2.45, 2.75) is 18.4 Å². The average molecular weight is 308 g/mol. The Bertz CT molecular complexity index is 744. The van der Waals surface area contributed by atoms with Crippen molar-refractivity contribution in [3.05, 3.63) is 47.7 Å². The summed E-state index contributed by atoms with van der Waals surface area (Å²) in [6.07, 6.45) is 1.43. The SMILES string of the molecule is COc1ccc(C)cc1S(=O)(=O)Nc1cc(CO)ccn1. The Labute approximate surface area is 123 Å². The number of benzene rings is 1. The van der Waals surface area contributed by atoms with Crippen LogP contribution in [0.3, 0.4) is 0 Å². The Balaban J connectivity index is 2.40. The predicted molar refractivity (Wildman–Crippen MR) is 78.7 cm³/mol. The van der Waals surface area contributed by atoms with Gasteiger partial charge in [0, 0.05) is 6.20 Å². The van der Waals surface area contributed by atoms with E-state index in [1.807, 2.05) is 0 Å². The van der Waals surface area contributed by atoms with E-state index < -0.39 is 10.0 Å². The van der Waals surface area contributed by atoms with Gasteiger partial charge in [0.1, 0.15) is 16.5 Å². The zero-order chi connectivity index (χ0) is 15.5. The molecule has 1 heterocycles. The molecule has 6 nitrogen and oxygen atoms in total. The van der Waals surface area contributed by atoms with Crippen LogP contribution in [0.2, 0.25) is 0 Å². The van der Waals surface area contributed by atoms with Gasteiger partial charge in [-0.3, -0.25) is 4.72 Å². The number of methoxy groups -OCH3 is 1. The lowest BCUT2D eigenvalue weighted by atomic mass is 10.2. The summed E-state index contributed by atoms with van der Waals surface area (Å²) in [5.41, 5.74) is 1.37. The lowest BCUT2D eigenvalue weighted by molar-refractivity contribution is 0.282. The molecule has 1 aromatic carbocycles. The van der Waals surface area contributed by atoms with E-state index in [1.54, 1.807) is 25.1 Å². The minimum Gasteiger partial charge on any atom is -0.495 e. The lowest BCUT2D eigenvalue weighted by Crippen LogP contribution is -2.15. The summed E-state index contributed by atoms with van der Waals surface area (Å²) in [6, 6.07) is 7.96. The molecule has 0 bridgehead atoms. The third-order valence-electron chi connectivity index (χ3n) is 2.85. The van der Waals surface area contributed by atoms with E-state index in [9.17, 15) is 8.42 Å². The number of pyridine rings is 1. The van der Waals surface area contributed by atoms with E-state index in [0.29, 0.717) is 5.56 Å². The molecule has 7 heteroatoms. The molecule has 0 spiro atoms. The molecule has 0 amide bonds. The molecular formula is C14H16N2O4S. The number of aliphatic hydroxyl groups is 1. The summed E-state index contributed by atoms with van der Waals surface area (Å²) < 4.78 is 32.3. The minimum atomic E-state index is -3.82. The largest absolute Gasteiger partial charge is 0.495 e. The van der Waals surface area contributed by atoms with Crippen molar-refractivity contribution in [2.75, 3.05) is 11.8 Å². The van der Waals surface area contributed by atoms with Gasteiger partial charge < -0.3 is 9.84 Å². The number of anilines is 1. The number of nitrogens with zero attached hydrogens (tertiary/aromatic N) is 1. The maximum absolute atomic E-state index is 12.4. The first-order chi connectivity index (χ1) is 9.96. The van der Waals surface area contributed by atoms with Gasteiger partial charge in [0.15, 0.2) is 0 Å². The van der Waals surface area contributed by atoms with Crippen molar-refractivity contribution < 1.29 is 18.3 Å². The maximum Gasteiger partial charge on any atom is 0.266 e. The Kier molecular flexibility index (Phi) is 4.44. The lowest BCUT2D eigenvalue weighted by Gasteiger charge is -2.12. The molecule has 21 heavy (non-hydrogen) atoms. The Morgan fingerprint density at radius 2 is 2.05 bits per heavy atom. The van der Waals surface area contributed by atoms with E-state index in [-0.39, 0.29) is 23.1 Å². The van der Waals surface area contributed by atoms with Crippen molar-refractivity contribution in [3.8, 4) is 5.75 Å². The average Bonchev–Trinajstić information content (AvgIpc) is 2.47. The molecular weight excluding hydrogens is 292 g/mol. The van der Waals surface area contributed by atoms with Gasteiger partial charge in [0.25, 0.3) is 10.0 Å². The van der Waals surface area contributed by atoms with Crippen molar-refractivity contribution in [3.63, 3.8) is 0 Å². The van der Waals surface area contributed by atoms with Crippen LogP contribution < -0.4 is 9.46 Å². The molecule has 0 saturated carbocycles. The van der Waals surface area contributed by atoms with Crippen LogP contribution in [-0.4, -0.2) is 25.6 Å². The second kappa shape index (κ2) is 6.11. The second-order valence-corrected chi connectivity index (χ2v) is 6.12. The normalized spacial score (nSPS) is 11.2. The Morgan fingerprint density at radius 3 is 2.71 bits per heavy atom. The molecule has 2 rings (SSSR count). The van der Waals surface area contributed by atoms with Crippen LogP contribution in [0.25, 0.3) is 0 Å². The number of rotatable bonds is 5. The monoisotopic (exact) mass is 308 g/mol. The smallest absolute Gasteiger partial charge is 0.266 e. The number of aromatic nitrogens is 1. The summed E-state index contributed by atoms with van der Waals surface area (Å²) in [5.74, 6) is 0.400. The fourth-order valence-electron chi connectivity index (χ4n) is 1.82. The zero-order valence-electron chi connectivity index (χ0n) is 11.7. The summed E-state index contributed by atoms with van der Waals surface area (Å²) in [5, 5.41) is 9.07. The first-order valence-corrected chi connectivity index (χ1v) is 7.68. The number of ether oxygens (including phenoxy) is 1. The predicted octanol–water partition coefficient (Wildman–Crippen LogP) is 1.69. The van der Waals surface area contributed by atoms with E-state index >= 15 is 0 Å². The number of sulfonamides is 1. The summed E-state index contributed by atoms with van der Waals surface area (Å²) in [7, 11) is -2.41. The van der Waals surface area contributed by atoms with Crippen LogP contribution in [0.1, 0.15) is 11.1 Å². The first-order valence-electron chi connectivity index (χ1n) is 6.19. The molecule has 0 aliphatic heterocycles. The molecule has 0 unspecified atom stereocenters. The summed E-state index contributed by atoms with van der Waals surface area (Å²) in [4.78, 5) is 3.98. The highest BCUT2D eigenvalue weighted by atomic mass is 32.2. The van der Waals surface area contributed by atoms with Gasteiger partial charge in [-0.2, -0.15) is 0 Å². The summed E-state index contributed by atoms with van der Waals surface area (Å²) in [6.45, 7) is 1.61. The van der Waals surface area contributed by atoms with Crippen molar-refractivity contribution in [1.29, 1.82) is 0 Å². The molecule has 2 aromatic rings. The number of hydrogen-bond acceptors (Lipinski definition) is 5. The molecule has 1 aromatic heterocycles. The van der Waals surface area contributed by atoms with Crippen LogP contribution in [-0.2, 0) is 16.6 Å². The quantitative estimate of drug-likeness (QED) is 0.877. The fourth-order valence-corrected chi connectivity index (χ4v) is 3.07. The van der Waals surface area contributed by atoms with Crippen LogP contribution in [0.5, 0.6) is 5.75 Å².